The largest absolute Gasteiger partial charge is 0.455 e. The summed E-state index contributed by atoms with van der Waals surface area (Å²) >= 11 is 0. The van der Waals surface area contributed by atoms with Gasteiger partial charge in [0.25, 0.3) is 0 Å². The lowest BCUT2D eigenvalue weighted by Gasteiger charge is -2.13. The molecule has 8 aromatic carbocycles. The fraction of sp³-hybridized carbons (Fsp3) is 0. The molecule has 0 unspecified atom stereocenters. The first-order chi connectivity index (χ1) is 26.7. The molecule has 0 bridgehead atoms. The van der Waals surface area contributed by atoms with Gasteiger partial charge in [-0.2, -0.15) is 0 Å². The summed E-state index contributed by atoms with van der Waals surface area (Å²) in [5.41, 5.74) is 8.68. The van der Waals surface area contributed by atoms with Gasteiger partial charge >= 0.3 is 0 Å². The van der Waals surface area contributed by atoms with E-state index in [1.54, 1.807) is 0 Å². The average Bonchev–Trinajstić information content (AvgIpc) is 3.83. The van der Waals surface area contributed by atoms with Gasteiger partial charge in [-0.25, -0.2) is 19.9 Å². The van der Waals surface area contributed by atoms with Crippen molar-refractivity contribution in [1.82, 2.24) is 19.9 Å². The molecule has 0 fully saturated rings. The number of oxazole rings is 1. The van der Waals surface area contributed by atoms with E-state index in [0.717, 1.165) is 77.0 Å². The normalized spacial score (nSPS) is 11.7. The minimum Gasteiger partial charge on any atom is -0.455 e. The monoisotopic (exact) mass is 692 g/mol. The summed E-state index contributed by atoms with van der Waals surface area (Å²) in [6, 6.07) is 57.8. The zero-order chi connectivity index (χ0) is 35.6. The Balaban J connectivity index is 1.10. The highest BCUT2D eigenvalue weighted by Crippen LogP contribution is 2.41. The van der Waals surface area contributed by atoms with E-state index >= 15 is 0 Å². The highest BCUT2D eigenvalue weighted by atomic mass is 16.4. The Hall–Kier alpha value is -7.44. The third kappa shape index (κ3) is 5.04. The molecule has 3 aromatic heterocycles. The summed E-state index contributed by atoms with van der Waals surface area (Å²) < 4.78 is 12.9. The van der Waals surface area contributed by atoms with Crippen LogP contribution in [0.4, 0.5) is 0 Å². The third-order valence-corrected chi connectivity index (χ3v) is 10.1. The summed E-state index contributed by atoms with van der Waals surface area (Å²) in [7, 11) is 0. The minimum absolute atomic E-state index is 0.587. The number of fused-ring (bicyclic) bond motifs is 6. The number of hydrogen-bond donors (Lipinski definition) is 0. The Morgan fingerprint density at radius 3 is 1.83 bits per heavy atom. The number of aromatic nitrogens is 4. The number of rotatable bonds is 5. The van der Waals surface area contributed by atoms with Crippen LogP contribution in [0.1, 0.15) is 0 Å². The highest BCUT2D eigenvalue weighted by molar-refractivity contribution is 6.13. The maximum absolute atomic E-state index is 6.68. The molecule has 0 N–H and O–H groups in total. The van der Waals surface area contributed by atoms with Crippen LogP contribution >= 0.6 is 0 Å². The zero-order valence-corrected chi connectivity index (χ0v) is 28.8. The SMILES string of the molecule is c1ccc(-c2nc(-c3ccc4ccccc4c3)nc(-c3cc(-c4cccc5c4oc4cc6nc(-c7ccccc7)oc6cc45)cc4ccccc34)n2)cc1. The van der Waals surface area contributed by atoms with Crippen LogP contribution in [-0.2, 0) is 0 Å². The molecule has 3 heterocycles. The summed E-state index contributed by atoms with van der Waals surface area (Å²) in [6.45, 7) is 0. The van der Waals surface area contributed by atoms with E-state index in [9.17, 15) is 0 Å². The zero-order valence-electron chi connectivity index (χ0n) is 28.8. The van der Waals surface area contributed by atoms with Crippen LogP contribution in [0.15, 0.2) is 179 Å². The van der Waals surface area contributed by atoms with Gasteiger partial charge < -0.3 is 8.83 Å². The first-order valence-corrected chi connectivity index (χ1v) is 17.9. The number of benzene rings is 8. The van der Waals surface area contributed by atoms with Gasteiger partial charge in [0.15, 0.2) is 23.1 Å². The Labute approximate surface area is 309 Å². The number of hydrogen-bond acceptors (Lipinski definition) is 6. The fourth-order valence-electron chi connectivity index (χ4n) is 7.47. The van der Waals surface area contributed by atoms with E-state index in [1.807, 2.05) is 72.8 Å². The van der Waals surface area contributed by atoms with Crippen molar-refractivity contribution in [2.75, 3.05) is 0 Å². The van der Waals surface area contributed by atoms with Crippen LogP contribution < -0.4 is 0 Å². The van der Waals surface area contributed by atoms with Gasteiger partial charge in [-0.15, -0.1) is 0 Å². The lowest BCUT2D eigenvalue weighted by atomic mass is 9.95. The van der Waals surface area contributed by atoms with Crippen LogP contribution in [0, 0.1) is 0 Å². The molecule has 6 nitrogen and oxygen atoms in total. The fourth-order valence-corrected chi connectivity index (χ4v) is 7.47. The van der Waals surface area contributed by atoms with Crippen molar-refractivity contribution in [2.24, 2.45) is 0 Å². The topological polar surface area (TPSA) is 77.8 Å². The molecule has 0 spiro atoms. The molecule has 0 saturated carbocycles. The van der Waals surface area contributed by atoms with E-state index in [-0.39, 0.29) is 0 Å². The molecule has 0 aliphatic rings. The van der Waals surface area contributed by atoms with E-state index in [4.69, 9.17) is 28.8 Å². The molecule has 0 amide bonds. The van der Waals surface area contributed by atoms with Gasteiger partial charge in [-0.3, -0.25) is 0 Å². The van der Waals surface area contributed by atoms with Crippen molar-refractivity contribution in [2.45, 2.75) is 0 Å². The number of furan rings is 1. The molecule has 54 heavy (non-hydrogen) atoms. The van der Waals surface area contributed by atoms with Gasteiger partial charge in [-0.1, -0.05) is 127 Å². The number of para-hydroxylation sites is 1. The first kappa shape index (κ1) is 30.2. The lowest BCUT2D eigenvalue weighted by Crippen LogP contribution is -2.01. The van der Waals surface area contributed by atoms with Crippen molar-refractivity contribution in [1.29, 1.82) is 0 Å². The molecule has 252 valence electrons. The molecule has 6 heteroatoms. The second-order valence-electron chi connectivity index (χ2n) is 13.5. The van der Waals surface area contributed by atoms with E-state index in [2.05, 4.69) is 97.1 Å². The van der Waals surface area contributed by atoms with Crippen LogP contribution in [-0.4, -0.2) is 19.9 Å². The lowest BCUT2D eigenvalue weighted by molar-refractivity contribution is 0.620. The Morgan fingerprint density at radius 2 is 1.00 bits per heavy atom. The van der Waals surface area contributed by atoms with Crippen molar-refractivity contribution in [3.05, 3.63) is 170 Å². The summed E-state index contributed by atoms with van der Waals surface area (Å²) in [5.74, 6) is 2.42. The van der Waals surface area contributed by atoms with Gasteiger partial charge in [0.05, 0.1) is 0 Å². The first-order valence-electron chi connectivity index (χ1n) is 17.9. The van der Waals surface area contributed by atoms with Crippen molar-refractivity contribution < 1.29 is 8.83 Å². The second-order valence-corrected chi connectivity index (χ2v) is 13.5. The van der Waals surface area contributed by atoms with Gasteiger partial charge in [-0.05, 0) is 63.5 Å². The highest BCUT2D eigenvalue weighted by Gasteiger charge is 2.20. The maximum Gasteiger partial charge on any atom is 0.227 e. The Bertz CT molecular complexity index is 3220. The Morgan fingerprint density at radius 1 is 0.333 bits per heavy atom. The summed E-state index contributed by atoms with van der Waals surface area (Å²) in [5, 5.41) is 6.39. The maximum atomic E-state index is 6.68. The van der Waals surface area contributed by atoms with Crippen molar-refractivity contribution in [3.8, 4) is 56.7 Å². The molecule has 0 saturated heterocycles. The predicted molar refractivity (Wildman–Crippen MR) is 217 cm³/mol. The van der Waals surface area contributed by atoms with Crippen LogP contribution in [0.25, 0.3) is 111 Å². The molecular weight excluding hydrogens is 665 g/mol. The van der Waals surface area contributed by atoms with E-state index in [1.165, 1.54) is 5.39 Å². The van der Waals surface area contributed by atoms with E-state index < -0.39 is 0 Å². The van der Waals surface area contributed by atoms with Crippen molar-refractivity contribution >= 4 is 54.6 Å². The number of nitrogens with zero attached hydrogens (tertiary/aromatic N) is 4. The van der Waals surface area contributed by atoms with Crippen LogP contribution in [0.2, 0.25) is 0 Å². The summed E-state index contributed by atoms with van der Waals surface area (Å²) in [4.78, 5) is 20.1. The van der Waals surface area contributed by atoms with Crippen LogP contribution in [0.5, 0.6) is 0 Å². The average molecular weight is 693 g/mol. The molecular formula is C48H28N4O2. The van der Waals surface area contributed by atoms with Crippen molar-refractivity contribution in [3.63, 3.8) is 0 Å². The third-order valence-electron chi connectivity index (χ3n) is 10.1. The second kappa shape index (κ2) is 12.1. The summed E-state index contributed by atoms with van der Waals surface area (Å²) in [6.07, 6.45) is 0. The quantitative estimate of drug-likeness (QED) is 0.179. The molecule has 0 aliphatic heterocycles. The minimum atomic E-state index is 0.587. The molecule has 0 radical (unpaired) electrons. The molecule has 11 rings (SSSR count). The predicted octanol–water partition coefficient (Wildman–Crippen LogP) is 12.6. The molecule has 0 aliphatic carbocycles. The molecule has 11 aromatic rings. The van der Waals surface area contributed by atoms with Gasteiger partial charge in [0.1, 0.15) is 16.7 Å². The smallest absolute Gasteiger partial charge is 0.227 e. The van der Waals surface area contributed by atoms with Gasteiger partial charge in [0.2, 0.25) is 5.89 Å². The Kier molecular flexibility index (Phi) is 6.75. The van der Waals surface area contributed by atoms with Crippen LogP contribution in [0.3, 0.4) is 0 Å². The molecule has 0 atom stereocenters. The van der Waals surface area contributed by atoms with E-state index in [0.29, 0.717) is 28.9 Å². The van der Waals surface area contributed by atoms with Gasteiger partial charge in [0, 0.05) is 44.7 Å². The standard InChI is InChI=1S/C48H28N4O2/c1-3-13-30(14-4-1)45-50-46(34-23-22-29-12-7-8-17-32(29)24-34)52-47(51-45)40-26-35(25-33-18-9-10-19-36(33)40)37-20-11-21-38-39-27-43-41(28-42(39)53-44(37)38)49-48(54-43)31-15-5-2-6-16-31/h1-28H.